The molecule has 0 amide bonds. The summed E-state index contributed by atoms with van der Waals surface area (Å²) in [4.78, 5) is 0. The van der Waals surface area contributed by atoms with Crippen LogP contribution >= 0.6 is 31.9 Å². The topological polar surface area (TPSA) is 30.9 Å². The molecule has 1 aromatic heterocycles. The summed E-state index contributed by atoms with van der Waals surface area (Å²) in [5.74, 6) is 0. The van der Waals surface area contributed by atoms with Crippen molar-refractivity contribution < 1.29 is 0 Å². The van der Waals surface area contributed by atoms with Gasteiger partial charge >= 0.3 is 0 Å². The lowest BCUT2D eigenvalue weighted by Gasteiger charge is -2.10. The zero-order chi connectivity index (χ0) is 13.4. The molecule has 0 fully saturated rings. The zero-order valence-corrected chi connectivity index (χ0v) is 13.3. The standard InChI is InChI=1S/C15H12Br2N2/c16-12-4-2-6-15-10(12)7-8-19(15)9-11-13(17)3-1-5-14(11)18/h1-8H,9,18H2. The molecular weight excluding hydrogens is 368 g/mol. The van der Waals surface area contributed by atoms with E-state index >= 15 is 0 Å². The monoisotopic (exact) mass is 378 g/mol. The van der Waals surface area contributed by atoms with Gasteiger partial charge in [0.05, 0.1) is 6.54 Å². The van der Waals surface area contributed by atoms with E-state index in [1.807, 2.05) is 24.3 Å². The van der Waals surface area contributed by atoms with Gasteiger partial charge < -0.3 is 10.3 Å². The van der Waals surface area contributed by atoms with E-state index < -0.39 is 0 Å². The Kier molecular flexibility index (Phi) is 3.37. The van der Waals surface area contributed by atoms with E-state index in [4.69, 9.17) is 5.73 Å². The van der Waals surface area contributed by atoms with Crippen LogP contribution in [-0.4, -0.2) is 4.57 Å². The first-order chi connectivity index (χ1) is 9.16. The first-order valence-electron chi connectivity index (χ1n) is 5.93. The molecule has 0 aliphatic rings. The van der Waals surface area contributed by atoms with E-state index in [1.165, 1.54) is 10.9 Å². The van der Waals surface area contributed by atoms with Gasteiger partial charge in [-0.2, -0.15) is 0 Å². The number of fused-ring (bicyclic) bond motifs is 1. The number of rotatable bonds is 2. The Morgan fingerprint density at radius 3 is 2.47 bits per heavy atom. The number of nitrogens with two attached hydrogens (primary N) is 1. The fourth-order valence-corrected chi connectivity index (χ4v) is 3.23. The van der Waals surface area contributed by atoms with E-state index in [0.717, 1.165) is 26.7 Å². The van der Waals surface area contributed by atoms with Crippen LogP contribution in [0, 0.1) is 0 Å². The van der Waals surface area contributed by atoms with Gasteiger partial charge in [-0.3, -0.25) is 0 Å². The van der Waals surface area contributed by atoms with Crippen LogP contribution in [0.1, 0.15) is 5.56 Å². The summed E-state index contributed by atoms with van der Waals surface area (Å²) in [5.41, 5.74) is 9.18. The normalized spacial score (nSPS) is 11.1. The van der Waals surface area contributed by atoms with Crippen molar-refractivity contribution >= 4 is 48.5 Å². The van der Waals surface area contributed by atoms with Crippen LogP contribution < -0.4 is 5.73 Å². The van der Waals surface area contributed by atoms with E-state index in [9.17, 15) is 0 Å². The minimum absolute atomic E-state index is 0.757. The van der Waals surface area contributed by atoms with Crippen LogP contribution in [0.4, 0.5) is 5.69 Å². The van der Waals surface area contributed by atoms with E-state index in [-0.39, 0.29) is 0 Å². The zero-order valence-electron chi connectivity index (χ0n) is 10.1. The summed E-state index contributed by atoms with van der Waals surface area (Å²) in [7, 11) is 0. The lowest BCUT2D eigenvalue weighted by atomic mass is 10.2. The minimum atomic E-state index is 0.757. The summed E-state index contributed by atoms with van der Waals surface area (Å²) in [5, 5.41) is 1.22. The Balaban J connectivity index is 2.09. The molecule has 0 aliphatic carbocycles. The second-order valence-electron chi connectivity index (χ2n) is 4.42. The fraction of sp³-hybridized carbons (Fsp3) is 0.0667. The first-order valence-corrected chi connectivity index (χ1v) is 7.51. The van der Waals surface area contributed by atoms with Crippen molar-refractivity contribution in [2.45, 2.75) is 6.54 Å². The van der Waals surface area contributed by atoms with Crippen molar-refractivity contribution in [3.63, 3.8) is 0 Å². The third-order valence-electron chi connectivity index (χ3n) is 3.24. The lowest BCUT2D eigenvalue weighted by molar-refractivity contribution is 0.835. The molecule has 0 bridgehead atoms. The van der Waals surface area contributed by atoms with Gasteiger partial charge in [-0.1, -0.05) is 44.0 Å². The minimum Gasteiger partial charge on any atom is -0.398 e. The molecule has 0 saturated heterocycles. The summed E-state index contributed by atoms with van der Waals surface area (Å²) < 4.78 is 4.37. The van der Waals surface area contributed by atoms with Gasteiger partial charge in [0.1, 0.15) is 0 Å². The van der Waals surface area contributed by atoms with Gasteiger partial charge in [0.2, 0.25) is 0 Å². The number of hydrogen-bond donors (Lipinski definition) is 1. The highest BCUT2D eigenvalue weighted by Gasteiger charge is 2.08. The molecule has 0 spiro atoms. The van der Waals surface area contributed by atoms with Crippen molar-refractivity contribution in [1.29, 1.82) is 0 Å². The molecular formula is C15H12Br2N2. The Bertz CT molecular complexity index is 727. The van der Waals surface area contributed by atoms with Crippen LogP contribution in [0.15, 0.2) is 57.6 Å². The number of halogens is 2. The van der Waals surface area contributed by atoms with Gasteiger partial charge in [0.25, 0.3) is 0 Å². The average Bonchev–Trinajstić information content (AvgIpc) is 2.79. The smallest absolute Gasteiger partial charge is 0.0507 e. The third-order valence-corrected chi connectivity index (χ3v) is 4.68. The molecule has 0 radical (unpaired) electrons. The van der Waals surface area contributed by atoms with E-state index in [0.29, 0.717) is 0 Å². The number of hydrogen-bond acceptors (Lipinski definition) is 1. The van der Waals surface area contributed by atoms with Gasteiger partial charge in [-0.15, -0.1) is 0 Å². The molecule has 3 aromatic rings. The van der Waals surface area contributed by atoms with Gasteiger partial charge in [0, 0.05) is 37.3 Å². The maximum Gasteiger partial charge on any atom is 0.0507 e. The molecule has 0 saturated carbocycles. The molecule has 0 aliphatic heterocycles. The predicted molar refractivity (Wildman–Crippen MR) is 87.3 cm³/mol. The molecule has 2 N–H and O–H groups in total. The number of anilines is 1. The Morgan fingerprint density at radius 1 is 0.947 bits per heavy atom. The van der Waals surface area contributed by atoms with Gasteiger partial charge in [0.15, 0.2) is 0 Å². The Morgan fingerprint density at radius 2 is 1.68 bits per heavy atom. The summed E-state index contributed by atoms with van der Waals surface area (Å²) in [6, 6.07) is 14.2. The average molecular weight is 380 g/mol. The molecule has 3 rings (SSSR count). The highest BCUT2D eigenvalue weighted by molar-refractivity contribution is 9.11. The molecule has 4 heteroatoms. The second-order valence-corrected chi connectivity index (χ2v) is 6.13. The SMILES string of the molecule is Nc1cccc(Br)c1Cn1ccc2c(Br)cccc21. The maximum atomic E-state index is 6.06. The lowest BCUT2D eigenvalue weighted by Crippen LogP contribution is -2.02. The molecule has 2 aromatic carbocycles. The third kappa shape index (κ3) is 2.30. The Labute approximate surface area is 128 Å². The van der Waals surface area contributed by atoms with Crippen molar-refractivity contribution in [3.8, 4) is 0 Å². The van der Waals surface area contributed by atoms with Crippen LogP contribution in [-0.2, 0) is 6.54 Å². The van der Waals surface area contributed by atoms with Crippen molar-refractivity contribution in [1.82, 2.24) is 4.57 Å². The van der Waals surface area contributed by atoms with Crippen LogP contribution in [0.5, 0.6) is 0 Å². The van der Waals surface area contributed by atoms with Crippen LogP contribution in [0.3, 0.4) is 0 Å². The molecule has 96 valence electrons. The fourth-order valence-electron chi connectivity index (χ4n) is 2.24. The van der Waals surface area contributed by atoms with Crippen molar-refractivity contribution in [2.75, 3.05) is 5.73 Å². The van der Waals surface area contributed by atoms with Gasteiger partial charge in [-0.25, -0.2) is 0 Å². The van der Waals surface area contributed by atoms with Crippen molar-refractivity contribution in [3.05, 3.63) is 63.2 Å². The summed E-state index contributed by atoms with van der Waals surface area (Å²) in [6.07, 6.45) is 2.09. The van der Waals surface area contributed by atoms with E-state index in [1.54, 1.807) is 0 Å². The molecule has 2 nitrogen and oxygen atoms in total. The molecule has 19 heavy (non-hydrogen) atoms. The van der Waals surface area contributed by atoms with E-state index in [2.05, 4.69) is 60.8 Å². The molecule has 0 atom stereocenters. The quantitative estimate of drug-likeness (QED) is 0.637. The van der Waals surface area contributed by atoms with Crippen molar-refractivity contribution in [2.24, 2.45) is 0 Å². The number of aromatic nitrogens is 1. The predicted octanol–water partition coefficient (Wildman–Crippen LogP) is 4.80. The van der Waals surface area contributed by atoms with Crippen LogP contribution in [0.25, 0.3) is 10.9 Å². The Hall–Kier alpha value is -1.26. The molecule has 0 unspecified atom stereocenters. The largest absolute Gasteiger partial charge is 0.398 e. The summed E-state index contributed by atoms with van der Waals surface area (Å²) in [6.45, 7) is 0.757. The first kappa shape index (κ1) is 12.8. The molecule has 1 heterocycles. The number of nitrogens with zero attached hydrogens (tertiary/aromatic N) is 1. The summed E-state index contributed by atoms with van der Waals surface area (Å²) >= 11 is 7.15. The highest BCUT2D eigenvalue weighted by Crippen LogP contribution is 2.28. The number of nitrogen functional groups attached to an aromatic ring is 1. The van der Waals surface area contributed by atoms with Gasteiger partial charge in [-0.05, 0) is 30.3 Å². The maximum absolute atomic E-state index is 6.06. The second kappa shape index (κ2) is 5.02. The number of benzene rings is 2. The van der Waals surface area contributed by atoms with Crippen LogP contribution in [0.2, 0.25) is 0 Å². The highest BCUT2D eigenvalue weighted by atomic mass is 79.9.